The normalized spacial score (nSPS) is 45.0. The molecule has 0 saturated heterocycles. The van der Waals surface area contributed by atoms with Gasteiger partial charge in [0.25, 0.3) is 0 Å². The summed E-state index contributed by atoms with van der Waals surface area (Å²) in [6.45, 7) is 10.3. The maximum absolute atomic E-state index is 10.1. The van der Waals surface area contributed by atoms with E-state index in [4.69, 9.17) is 0 Å². The van der Waals surface area contributed by atoms with Crippen molar-refractivity contribution in [3.63, 3.8) is 0 Å². The van der Waals surface area contributed by atoms with Crippen LogP contribution in [0.1, 0.15) is 73.1 Å². The number of aliphatic hydroxyl groups excluding tert-OH is 1. The molecule has 3 rings (SSSR count). The van der Waals surface area contributed by atoms with Crippen LogP contribution in [-0.2, 0) is 0 Å². The molecule has 3 aliphatic carbocycles. The number of fused-ring (bicyclic) bond motifs is 3. The molecule has 0 aliphatic heterocycles. The fourth-order valence-corrected chi connectivity index (χ4v) is 4.43. The maximum Gasteiger partial charge on any atom is 0.0573 e. The molecular weight excluding hydrogens is 220 g/mol. The van der Waals surface area contributed by atoms with Crippen molar-refractivity contribution < 1.29 is 5.11 Å². The summed E-state index contributed by atoms with van der Waals surface area (Å²) in [6, 6.07) is 0. The Morgan fingerprint density at radius 3 is 1.83 bits per heavy atom. The molecule has 0 aromatic rings. The Kier molecular flexibility index (Phi) is 6.70. The van der Waals surface area contributed by atoms with Crippen LogP contribution in [0.2, 0.25) is 0 Å². The molecule has 18 heavy (non-hydrogen) atoms. The van der Waals surface area contributed by atoms with Crippen molar-refractivity contribution in [3.05, 3.63) is 0 Å². The van der Waals surface area contributed by atoms with Crippen molar-refractivity contribution in [2.75, 3.05) is 0 Å². The molecule has 6 unspecified atom stereocenters. The number of rotatable bonds is 0. The highest BCUT2D eigenvalue weighted by atomic mass is 16.3. The van der Waals surface area contributed by atoms with E-state index >= 15 is 0 Å². The van der Waals surface area contributed by atoms with Crippen LogP contribution in [0.3, 0.4) is 0 Å². The summed E-state index contributed by atoms with van der Waals surface area (Å²) < 4.78 is 0. The molecule has 0 aromatic carbocycles. The molecule has 0 amide bonds. The highest BCUT2D eigenvalue weighted by Gasteiger charge is 2.48. The van der Waals surface area contributed by atoms with E-state index in [1.807, 2.05) is 27.7 Å². The van der Waals surface area contributed by atoms with Crippen molar-refractivity contribution >= 4 is 0 Å². The van der Waals surface area contributed by atoms with Crippen molar-refractivity contribution in [2.45, 2.75) is 79.2 Å². The van der Waals surface area contributed by atoms with Crippen molar-refractivity contribution in [2.24, 2.45) is 29.6 Å². The SMILES string of the molecule is CC.CC.CC1CC(O)C2CCC3CCC3C2C1. The average molecular weight is 254 g/mol. The van der Waals surface area contributed by atoms with Gasteiger partial charge in [-0.2, -0.15) is 0 Å². The van der Waals surface area contributed by atoms with Crippen molar-refractivity contribution in [3.8, 4) is 0 Å². The summed E-state index contributed by atoms with van der Waals surface area (Å²) in [5, 5.41) is 10.1. The Hall–Kier alpha value is -0.0400. The molecule has 3 aliphatic rings. The molecule has 3 fully saturated rings. The number of aliphatic hydroxyl groups is 1. The molecule has 0 heterocycles. The van der Waals surface area contributed by atoms with Gasteiger partial charge in [-0.1, -0.05) is 34.6 Å². The van der Waals surface area contributed by atoms with Gasteiger partial charge in [0.1, 0.15) is 0 Å². The lowest BCUT2D eigenvalue weighted by Gasteiger charge is -2.54. The van der Waals surface area contributed by atoms with Gasteiger partial charge in [-0.05, 0) is 68.1 Å². The van der Waals surface area contributed by atoms with Gasteiger partial charge in [0.2, 0.25) is 0 Å². The Labute approximate surface area is 114 Å². The topological polar surface area (TPSA) is 20.2 Å². The van der Waals surface area contributed by atoms with Crippen LogP contribution in [0.25, 0.3) is 0 Å². The highest BCUT2D eigenvalue weighted by Crippen LogP contribution is 2.55. The van der Waals surface area contributed by atoms with Crippen LogP contribution < -0.4 is 0 Å². The van der Waals surface area contributed by atoms with Gasteiger partial charge in [0.05, 0.1) is 6.10 Å². The molecule has 6 atom stereocenters. The van der Waals surface area contributed by atoms with Gasteiger partial charge in [0.15, 0.2) is 0 Å². The maximum atomic E-state index is 10.1. The van der Waals surface area contributed by atoms with Crippen LogP contribution in [0.5, 0.6) is 0 Å². The third-order valence-corrected chi connectivity index (χ3v) is 5.26. The van der Waals surface area contributed by atoms with Crippen LogP contribution in [0.4, 0.5) is 0 Å². The van der Waals surface area contributed by atoms with Gasteiger partial charge >= 0.3 is 0 Å². The lowest BCUT2D eigenvalue weighted by molar-refractivity contribution is -0.0835. The van der Waals surface area contributed by atoms with E-state index in [0.717, 1.165) is 30.1 Å². The van der Waals surface area contributed by atoms with Crippen molar-refractivity contribution in [1.29, 1.82) is 0 Å². The van der Waals surface area contributed by atoms with Gasteiger partial charge in [-0.25, -0.2) is 0 Å². The van der Waals surface area contributed by atoms with Gasteiger partial charge in [0, 0.05) is 0 Å². The summed E-state index contributed by atoms with van der Waals surface area (Å²) in [6.07, 6.45) is 8.19. The zero-order valence-electron chi connectivity index (χ0n) is 13.2. The molecule has 1 N–H and O–H groups in total. The van der Waals surface area contributed by atoms with E-state index in [2.05, 4.69) is 6.92 Å². The van der Waals surface area contributed by atoms with Gasteiger partial charge in [-0.15, -0.1) is 0 Å². The first-order valence-electron chi connectivity index (χ1n) is 8.43. The molecule has 108 valence electrons. The van der Waals surface area contributed by atoms with Crippen LogP contribution in [-0.4, -0.2) is 11.2 Å². The van der Waals surface area contributed by atoms with Crippen LogP contribution >= 0.6 is 0 Å². The molecule has 1 nitrogen and oxygen atoms in total. The minimum atomic E-state index is 0.0327. The van der Waals surface area contributed by atoms with Crippen LogP contribution in [0, 0.1) is 29.6 Å². The molecule has 3 saturated carbocycles. The zero-order chi connectivity index (χ0) is 13.7. The van der Waals surface area contributed by atoms with Gasteiger partial charge < -0.3 is 5.11 Å². The second-order valence-corrected chi connectivity index (χ2v) is 6.05. The summed E-state index contributed by atoms with van der Waals surface area (Å²) >= 11 is 0. The van der Waals surface area contributed by atoms with Gasteiger partial charge in [-0.3, -0.25) is 0 Å². The van der Waals surface area contributed by atoms with E-state index in [0.29, 0.717) is 5.92 Å². The van der Waals surface area contributed by atoms with E-state index in [9.17, 15) is 5.11 Å². The highest BCUT2D eigenvalue weighted by molar-refractivity contribution is 4.98. The lowest BCUT2D eigenvalue weighted by Crippen LogP contribution is -2.48. The molecule has 0 radical (unpaired) electrons. The predicted octanol–water partition coefficient (Wildman–Crippen LogP) is 4.88. The second-order valence-electron chi connectivity index (χ2n) is 6.05. The average Bonchev–Trinajstić information content (AvgIpc) is 2.35. The number of hydrogen-bond donors (Lipinski definition) is 1. The molecule has 1 heteroatoms. The summed E-state index contributed by atoms with van der Waals surface area (Å²) in [4.78, 5) is 0. The Bertz CT molecular complexity index is 226. The first-order chi connectivity index (χ1) is 8.75. The van der Waals surface area contributed by atoms with E-state index < -0.39 is 0 Å². The largest absolute Gasteiger partial charge is 0.393 e. The zero-order valence-corrected chi connectivity index (χ0v) is 13.2. The number of hydrogen-bond acceptors (Lipinski definition) is 1. The van der Waals surface area contributed by atoms with E-state index in [1.165, 1.54) is 32.1 Å². The summed E-state index contributed by atoms with van der Waals surface area (Å²) in [7, 11) is 0. The predicted molar refractivity (Wildman–Crippen MR) is 79.5 cm³/mol. The quantitative estimate of drug-likeness (QED) is 0.653. The second kappa shape index (κ2) is 7.53. The Balaban J connectivity index is 0.000000371. The minimum Gasteiger partial charge on any atom is -0.393 e. The third-order valence-electron chi connectivity index (χ3n) is 5.26. The van der Waals surface area contributed by atoms with E-state index in [-0.39, 0.29) is 6.10 Å². The monoisotopic (exact) mass is 254 g/mol. The third kappa shape index (κ3) is 3.10. The lowest BCUT2D eigenvalue weighted by atomic mass is 9.52. The first-order valence-corrected chi connectivity index (χ1v) is 8.43. The molecule has 0 spiro atoms. The fraction of sp³-hybridized carbons (Fsp3) is 1.00. The summed E-state index contributed by atoms with van der Waals surface area (Å²) in [5.41, 5.74) is 0. The molecule has 0 bridgehead atoms. The minimum absolute atomic E-state index is 0.0327. The van der Waals surface area contributed by atoms with E-state index in [1.54, 1.807) is 0 Å². The Morgan fingerprint density at radius 2 is 1.28 bits per heavy atom. The fourth-order valence-electron chi connectivity index (χ4n) is 4.43. The Morgan fingerprint density at radius 1 is 0.722 bits per heavy atom. The summed E-state index contributed by atoms with van der Waals surface area (Å²) in [5.74, 6) is 4.39. The van der Waals surface area contributed by atoms with Crippen molar-refractivity contribution in [1.82, 2.24) is 0 Å². The van der Waals surface area contributed by atoms with Crippen LogP contribution in [0.15, 0.2) is 0 Å². The smallest absolute Gasteiger partial charge is 0.0573 e. The molecular formula is C17H34O. The molecule has 0 aromatic heterocycles. The standard InChI is InChI=1S/C13H22O.2C2H6/c1-8-6-12-10-4-2-9(10)3-5-11(12)13(14)7-8;2*1-2/h8-14H,2-7H2,1H3;2*1-2H3. The first kappa shape index (κ1) is 16.0.